The molecule has 2 aromatic carbocycles. The maximum Gasteiger partial charge on any atom is 0.404 e. The first-order valence-electron chi connectivity index (χ1n) is 10.9. The number of nitrogens with one attached hydrogen (secondary N) is 2. The summed E-state index contributed by atoms with van der Waals surface area (Å²) in [6.45, 7) is 0.642. The lowest BCUT2D eigenvalue weighted by molar-refractivity contribution is 0.0927. The Hall–Kier alpha value is -4.61. The molecule has 1 atom stereocenters. The molecular weight excluding hydrogens is 496 g/mol. The van der Waals surface area contributed by atoms with Crippen LogP contribution in [-0.2, 0) is 6.61 Å². The topological polar surface area (TPSA) is 105 Å². The number of imidazole rings is 1. The summed E-state index contributed by atoms with van der Waals surface area (Å²) in [4.78, 5) is 28.6. The van der Waals surface area contributed by atoms with Crippen LogP contribution in [0.3, 0.4) is 0 Å². The molecule has 0 radical (unpaired) electrons. The van der Waals surface area contributed by atoms with Gasteiger partial charge in [-0.2, -0.15) is 0 Å². The monoisotopic (exact) mass is 516 g/mol. The zero-order chi connectivity index (χ0) is 26.7. The van der Waals surface area contributed by atoms with Gasteiger partial charge in [-0.05, 0) is 37.3 Å². The minimum absolute atomic E-state index is 0.00894. The van der Waals surface area contributed by atoms with Crippen molar-refractivity contribution in [1.82, 2.24) is 20.0 Å². The fourth-order valence-electron chi connectivity index (χ4n) is 3.81. The molecule has 0 spiro atoms. The number of fused-ring (bicyclic) bond motifs is 1. The van der Waals surface area contributed by atoms with Crippen molar-refractivity contribution in [2.24, 2.45) is 0 Å². The Morgan fingerprint density at radius 2 is 1.70 bits per heavy atom. The third kappa shape index (κ3) is 5.32. The average molecular weight is 516 g/mol. The number of carboxylic acid groups (broad SMARTS) is 1. The van der Waals surface area contributed by atoms with Gasteiger partial charge in [0.15, 0.2) is 23.0 Å². The van der Waals surface area contributed by atoms with E-state index in [0.717, 1.165) is 18.2 Å². The lowest BCUT2D eigenvalue weighted by atomic mass is 10.1. The first kappa shape index (κ1) is 25.5. The number of nitrogens with zero attached hydrogens (tertiary/aromatic N) is 2. The van der Waals surface area contributed by atoms with Crippen LogP contribution >= 0.6 is 0 Å². The van der Waals surface area contributed by atoms with Crippen molar-refractivity contribution < 1.29 is 37.0 Å². The van der Waals surface area contributed by atoms with Gasteiger partial charge < -0.3 is 20.5 Å². The van der Waals surface area contributed by atoms with E-state index in [-0.39, 0.29) is 33.9 Å². The molecule has 0 aliphatic carbocycles. The standard InChI is InChI=1S/C25H20F4N4O4/c1-13-22(24(34)32-19(11-30-25(35)36)14-5-2-8-18(28)21(14)29)33-10-4-9-20(23(33)31-13)37-12-15-16(26)6-3-7-17(15)27/h2-10,19,30H,11-12H2,1H3,(H,32,34)(H,35,36). The number of benzene rings is 2. The van der Waals surface area contributed by atoms with Gasteiger partial charge in [-0.1, -0.05) is 18.2 Å². The predicted octanol–water partition coefficient (Wildman–Crippen LogP) is 4.52. The summed E-state index contributed by atoms with van der Waals surface area (Å²) < 4.78 is 63.2. The van der Waals surface area contributed by atoms with Gasteiger partial charge in [-0.15, -0.1) is 0 Å². The summed E-state index contributed by atoms with van der Waals surface area (Å²) in [6.07, 6.45) is 0.0729. The molecule has 4 rings (SSSR count). The van der Waals surface area contributed by atoms with Gasteiger partial charge in [0.1, 0.15) is 23.9 Å². The molecule has 1 unspecified atom stereocenters. The van der Waals surface area contributed by atoms with E-state index in [9.17, 15) is 27.2 Å². The number of halogens is 4. The van der Waals surface area contributed by atoms with Gasteiger partial charge in [-0.25, -0.2) is 27.3 Å². The van der Waals surface area contributed by atoms with Crippen molar-refractivity contribution in [3.63, 3.8) is 0 Å². The zero-order valence-electron chi connectivity index (χ0n) is 19.3. The number of amides is 2. The Balaban J connectivity index is 1.64. The molecule has 0 fully saturated rings. The largest absolute Gasteiger partial charge is 0.485 e. The van der Waals surface area contributed by atoms with Crippen LogP contribution in [0.15, 0.2) is 54.7 Å². The van der Waals surface area contributed by atoms with Gasteiger partial charge >= 0.3 is 6.09 Å². The van der Waals surface area contributed by atoms with Crippen LogP contribution in [0.25, 0.3) is 5.65 Å². The number of hydrogen-bond donors (Lipinski definition) is 3. The first-order chi connectivity index (χ1) is 17.7. The summed E-state index contributed by atoms with van der Waals surface area (Å²) in [5, 5.41) is 13.5. The lowest BCUT2D eigenvalue weighted by Crippen LogP contribution is -2.38. The summed E-state index contributed by atoms with van der Waals surface area (Å²) >= 11 is 0. The highest BCUT2D eigenvalue weighted by molar-refractivity contribution is 5.95. The molecule has 0 saturated carbocycles. The number of rotatable bonds is 8. The van der Waals surface area contributed by atoms with Crippen LogP contribution in [0.5, 0.6) is 5.75 Å². The molecule has 0 aliphatic heterocycles. The van der Waals surface area contributed by atoms with Gasteiger partial charge in [-0.3, -0.25) is 9.20 Å². The maximum absolute atomic E-state index is 14.4. The van der Waals surface area contributed by atoms with Gasteiger partial charge in [0.25, 0.3) is 5.91 Å². The van der Waals surface area contributed by atoms with E-state index in [1.54, 1.807) is 0 Å². The van der Waals surface area contributed by atoms with Crippen molar-refractivity contribution in [2.45, 2.75) is 19.6 Å². The van der Waals surface area contributed by atoms with Crippen molar-refractivity contribution >= 4 is 17.6 Å². The number of aryl methyl sites for hydroxylation is 1. The number of ether oxygens (including phenoxy) is 1. The predicted molar refractivity (Wildman–Crippen MR) is 123 cm³/mol. The molecule has 12 heteroatoms. The highest BCUT2D eigenvalue weighted by Gasteiger charge is 2.25. The van der Waals surface area contributed by atoms with E-state index in [1.807, 2.05) is 0 Å². The summed E-state index contributed by atoms with van der Waals surface area (Å²) in [6, 6.07) is 8.55. The Morgan fingerprint density at radius 3 is 2.41 bits per heavy atom. The van der Waals surface area contributed by atoms with Crippen LogP contribution in [0, 0.1) is 30.2 Å². The van der Waals surface area contributed by atoms with E-state index in [1.165, 1.54) is 47.9 Å². The summed E-state index contributed by atoms with van der Waals surface area (Å²) in [7, 11) is 0. The quantitative estimate of drug-likeness (QED) is 0.299. The van der Waals surface area contributed by atoms with Gasteiger partial charge in [0.2, 0.25) is 0 Å². The number of carbonyl (C=O) groups excluding carboxylic acids is 1. The molecule has 4 aromatic rings. The van der Waals surface area contributed by atoms with Crippen LogP contribution < -0.4 is 15.4 Å². The van der Waals surface area contributed by atoms with Gasteiger partial charge in [0, 0.05) is 18.3 Å². The molecule has 3 N–H and O–H groups in total. The highest BCUT2D eigenvalue weighted by Crippen LogP contribution is 2.25. The molecule has 8 nitrogen and oxygen atoms in total. The van der Waals surface area contributed by atoms with Crippen molar-refractivity contribution in [2.75, 3.05) is 6.54 Å². The Bertz CT molecular complexity index is 1470. The number of pyridine rings is 1. The average Bonchev–Trinajstić information content (AvgIpc) is 3.19. The molecule has 2 heterocycles. The minimum atomic E-state index is -1.42. The zero-order valence-corrected chi connectivity index (χ0v) is 19.3. The second kappa shape index (κ2) is 10.6. The van der Waals surface area contributed by atoms with Crippen molar-refractivity contribution in [3.8, 4) is 5.75 Å². The van der Waals surface area contributed by atoms with Crippen LogP contribution in [-0.4, -0.2) is 33.0 Å². The molecular formula is C25H20F4N4O4. The normalized spacial score (nSPS) is 11.8. The van der Waals surface area contributed by atoms with Crippen LogP contribution in [0.2, 0.25) is 0 Å². The third-order valence-corrected chi connectivity index (χ3v) is 5.56. The third-order valence-electron chi connectivity index (χ3n) is 5.56. The Morgan fingerprint density at radius 1 is 1.03 bits per heavy atom. The van der Waals surface area contributed by atoms with E-state index >= 15 is 0 Å². The highest BCUT2D eigenvalue weighted by atomic mass is 19.2. The summed E-state index contributed by atoms with van der Waals surface area (Å²) in [5.41, 5.74) is -0.134. The van der Waals surface area contributed by atoms with E-state index < -0.39 is 54.5 Å². The lowest BCUT2D eigenvalue weighted by Gasteiger charge is -2.20. The number of hydrogen-bond acceptors (Lipinski definition) is 4. The number of aromatic nitrogens is 2. The van der Waals surface area contributed by atoms with Crippen LogP contribution in [0.1, 0.15) is 33.4 Å². The molecule has 192 valence electrons. The molecule has 2 amide bonds. The van der Waals surface area contributed by atoms with E-state index in [0.29, 0.717) is 0 Å². The molecule has 0 aliphatic rings. The second-order valence-electron chi connectivity index (χ2n) is 7.96. The fourth-order valence-corrected chi connectivity index (χ4v) is 3.81. The van der Waals surface area contributed by atoms with Gasteiger partial charge in [0.05, 0.1) is 17.3 Å². The maximum atomic E-state index is 14.4. The molecule has 0 saturated heterocycles. The Labute approximate surface area is 207 Å². The molecule has 0 bridgehead atoms. The SMILES string of the molecule is Cc1nc2c(OCc3c(F)cccc3F)cccn2c1C(=O)NC(CNC(=O)O)c1cccc(F)c1F. The van der Waals surface area contributed by atoms with Crippen molar-refractivity contribution in [1.29, 1.82) is 0 Å². The number of carbonyl (C=O) groups is 2. The fraction of sp³-hybridized carbons (Fsp3) is 0.160. The van der Waals surface area contributed by atoms with E-state index in [2.05, 4.69) is 15.6 Å². The smallest absolute Gasteiger partial charge is 0.404 e. The van der Waals surface area contributed by atoms with Crippen LogP contribution in [0.4, 0.5) is 22.4 Å². The second-order valence-corrected chi connectivity index (χ2v) is 7.96. The molecule has 37 heavy (non-hydrogen) atoms. The molecule has 2 aromatic heterocycles. The van der Waals surface area contributed by atoms with Crippen molar-refractivity contribution in [3.05, 3.63) is 101 Å². The minimum Gasteiger partial charge on any atom is -0.485 e. The first-order valence-corrected chi connectivity index (χ1v) is 10.9. The summed E-state index contributed by atoms with van der Waals surface area (Å²) in [5.74, 6) is -4.58. The van der Waals surface area contributed by atoms with E-state index in [4.69, 9.17) is 9.84 Å². The Kier molecular flexibility index (Phi) is 7.27.